The van der Waals surface area contributed by atoms with E-state index in [-0.39, 0.29) is 5.70 Å². The quantitative estimate of drug-likeness (QED) is 0.602. The van der Waals surface area contributed by atoms with Gasteiger partial charge in [-0.1, -0.05) is 33.6 Å². The number of aliphatic imine (C=N–C) groups is 1. The molecule has 0 unspecified atom stereocenters. The minimum Gasteiger partial charge on any atom is -0.496 e. The minimum absolute atomic E-state index is 0.247. The van der Waals surface area contributed by atoms with E-state index in [4.69, 9.17) is 9.47 Å². The maximum Gasteiger partial charge on any atom is 0.363 e. The predicted molar refractivity (Wildman–Crippen MR) is 92.5 cm³/mol. The molecule has 2 aromatic rings. The van der Waals surface area contributed by atoms with Crippen molar-refractivity contribution in [3.63, 3.8) is 0 Å². The van der Waals surface area contributed by atoms with E-state index < -0.39 is 5.97 Å². The van der Waals surface area contributed by atoms with Gasteiger partial charge in [0.05, 0.1) is 7.11 Å². The SMILES string of the molecule is COc1ccc(Br)cc1C=C1N=C(c2ccc(C)cc2)OC1=O. The lowest BCUT2D eigenvalue weighted by molar-refractivity contribution is -0.129. The zero-order valence-corrected chi connectivity index (χ0v) is 14.3. The van der Waals surface area contributed by atoms with Crippen LogP contribution in [-0.4, -0.2) is 19.0 Å². The first-order valence-electron chi connectivity index (χ1n) is 7.00. The van der Waals surface area contributed by atoms with Crippen molar-refractivity contribution < 1.29 is 14.3 Å². The van der Waals surface area contributed by atoms with E-state index >= 15 is 0 Å². The first-order chi connectivity index (χ1) is 11.1. The molecule has 4 nitrogen and oxygen atoms in total. The monoisotopic (exact) mass is 371 g/mol. The summed E-state index contributed by atoms with van der Waals surface area (Å²) in [5.74, 6) is 0.505. The smallest absolute Gasteiger partial charge is 0.363 e. The molecule has 3 rings (SSSR count). The molecule has 1 aliphatic rings. The third kappa shape index (κ3) is 3.35. The lowest BCUT2D eigenvalue weighted by atomic mass is 10.1. The molecule has 0 bridgehead atoms. The number of aryl methyl sites for hydroxylation is 1. The highest BCUT2D eigenvalue weighted by Crippen LogP contribution is 2.27. The number of hydrogen-bond acceptors (Lipinski definition) is 4. The summed E-state index contributed by atoms with van der Waals surface area (Å²) in [6.07, 6.45) is 1.66. The van der Waals surface area contributed by atoms with Crippen LogP contribution in [0.1, 0.15) is 16.7 Å². The minimum atomic E-state index is -0.470. The molecular formula is C18H14BrNO3. The number of cyclic esters (lactones) is 1. The van der Waals surface area contributed by atoms with Gasteiger partial charge in [-0.3, -0.25) is 0 Å². The van der Waals surface area contributed by atoms with E-state index in [1.807, 2.05) is 49.4 Å². The Balaban J connectivity index is 1.98. The van der Waals surface area contributed by atoms with Gasteiger partial charge in [0.2, 0.25) is 5.90 Å². The summed E-state index contributed by atoms with van der Waals surface area (Å²) in [5, 5.41) is 0. The third-order valence-corrected chi connectivity index (χ3v) is 3.90. The standard InChI is InChI=1S/C18H14BrNO3/c1-11-3-5-12(6-4-11)17-20-15(18(21)23-17)10-13-9-14(19)7-8-16(13)22-2/h3-10H,1-2H3. The Morgan fingerprint density at radius 3 is 2.61 bits per heavy atom. The summed E-state index contributed by atoms with van der Waals surface area (Å²) in [4.78, 5) is 16.4. The van der Waals surface area contributed by atoms with Gasteiger partial charge >= 0.3 is 5.97 Å². The summed E-state index contributed by atoms with van der Waals surface area (Å²) in [7, 11) is 1.58. The van der Waals surface area contributed by atoms with Gasteiger partial charge in [0.1, 0.15) is 5.75 Å². The van der Waals surface area contributed by atoms with Crippen molar-refractivity contribution in [1.82, 2.24) is 0 Å². The molecule has 23 heavy (non-hydrogen) atoms. The average Bonchev–Trinajstić information content (AvgIpc) is 2.89. The first-order valence-corrected chi connectivity index (χ1v) is 7.79. The highest BCUT2D eigenvalue weighted by molar-refractivity contribution is 9.10. The van der Waals surface area contributed by atoms with E-state index in [0.717, 1.165) is 21.2 Å². The van der Waals surface area contributed by atoms with Crippen LogP contribution < -0.4 is 4.74 Å². The second-order valence-corrected chi connectivity index (χ2v) is 6.00. The van der Waals surface area contributed by atoms with E-state index in [0.29, 0.717) is 11.6 Å². The molecule has 2 aromatic carbocycles. The van der Waals surface area contributed by atoms with Gasteiger partial charge in [0.25, 0.3) is 0 Å². The van der Waals surface area contributed by atoms with Crippen LogP contribution in [0.25, 0.3) is 6.08 Å². The summed E-state index contributed by atoms with van der Waals surface area (Å²) in [5.41, 5.74) is 2.90. The lowest BCUT2D eigenvalue weighted by Crippen LogP contribution is -2.05. The zero-order valence-electron chi connectivity index (χ0n) is 12.7. The Labute approximate surface area is 142 Å². The lowest BCUT2D eigenvalue weighted by Gasteiger charge is -2.04. The molecular weight excluding hydrogens is 358 g/mol. The van der Waals surface area contributed by atoms with Crippen molar-refractivity contribution >= 4 is 33.9 Å². The van der Waals surface area contributed by atoms with Crippen LogP contribution in [0.2, 0.25) is 0 Å². The molecule has 116 valence electrons. The average molecular weight is 372 g/mol. The summed E-state index contributed by atoms with van der Waals surface area (Å²) >= 11 is 3.41. The molecule has 0 saturated heterocycles. The van der Waals surface area contributed by atoms with Gasteiger partial charge in [0, 0.05) is 15.6 Å². The highest BCUT2D eigenvalue weighted by atomic mass is 79.9. The fourth-order valence-corrected chi connectivity index (χ4v) is 2.57. The van der Waals surface area contributed by atoms with Crippen LogP contribution in [-0.2, 0) is 9.53 Å². The Morgan fingerprint density at radius 2 is 1.91 bits per heavy atom. The molecule has 5 heteroatoms. The fraction of sp³-hybridized carbons (Fsp3) is 0.111. The van der Waals surface area contributed by atoms with E-state index in [1.54, 1.807) is 13.2 Å². The molecule has 1 heterocycles. The number of ether oxygens (including phenoxy) is 2. The second kappa shape index (κ2) is 6.38. The van der Waals surface area contributed by atoms with Crippen LogP contribution >= 0.6 is 15.9 Å². The van der Waals surface area contributed by atoms with Crippen LogP contribution in [0.4, 0.5) is 0 Å². The topological polar surface area (TPSA) is 47.9 Å². The largest absolute Gasteiger partial charge is 0.496 e. The molecule has 0 fully saturated rings. The first kappa shape index (κ1) is 15.5. The molecule has 0 atom stereocenters. The molecule has 0 saturated carbocycles. The molecule has 0 amide bonds. The molecule has 0 radical (unpaired) electrons. The van der Waals surface area contributed by atoms with Gasteiger partial charge in [-0.25, -0.2) is 9.79 Å². The maximum absolute atomic E-state index is 12.1. The number of benzene rings is 2. The van der Waals surface area contributed by atoms with Crippen molar-refractivity contribution in [1.29, 1.82) is 0 Å². The number of nitrogens with zero attached hydrogens (tertiary/aromatic N) is 1. The van der Waals surface area contributed by atoms with Gasteiger partial charge in [0.15, 0.2) is 5.70 Å². The number of carbonyl (C=O) groups is 1. The predicted octanol–water partition coefficient (Wildman–Crippen LogP) is 4.11. The second-order valence-electron chi connectivity index (χ2n) is 5.09. The zero-order chi connectivity index (χ0) is 16.4. The molecule has 0 spiro atoms. The number of rotatable bonds is 3. The normalized spacial score (nSPS) is 15.5. The Bertz CT molecular complexity index is 823. The van der Waals surface area contributed by atoms with Gasteiger partial charge in [-0.05, 0) is 43.3 Å². The van der Waals surface area contributed by atoms with Crippen molar-refractivity contribution in [3.05, 3.63) is 69.3 Å². The number of esters is 1. The third-order valence-electron chi connectivity index (χ3n) is 3.40. The number of carbonyl (C=O) groups excluding carboxylic acids is 1. The van der Waals surface area contributed by atoms with Crippen molar-refractivity contribution in [3.8, 4) is 5.75 Å². The van der Waals surface area contributed by atoms with Crippen LogP contribution in [0.15, 0.2) is 57.6 Å². The van der Waals surface area contributed by atoms with Crippen LogP contribution in [0.3, 0.4) is 0 Å². The van der Waals surface area contributed by atoms with Crippen LogP contribution in [0, 0.1) is 6.92 Å². The molecule has 0 N–H and O–H groups in total. The van der Waals surface area contributed by atoms with Gasteiger partial charge < -0.3 is 9.47 Å². The van der Waals surface area contributed by atoms with Crippen molar-refractivity contribution in [2.75, 3.05) is 7.11 Å². The van der Waals surface area contributed by atoms with Crippen molar-refractivity contribution in [2.45, 2.75) is 6.92 Å². The van der Waals surface area contributed by atoms with Gasteiger partial charge in [-0.2, -0.15) is 0 Å². The summed E-state index contributed by atoms with van der Waals surface area (Å²) in [6, 6.07) is 13.2. The van der Waals surface area contributed by atoms with E-state index in [1.165, 1.54) is 0 Å². The van der Waals surface area contributed by atoms with E-state index in [9.17, 15) is 4.79 Å². The molecule has 0 aliphatic carbocycles. The molecule has 0 aromatic heterocycles. The van der Waals surface area contributed by atoms with Crippen LogP contribution in [0.5, 0.6) is 5.75 Å². The Hall–Kier alpha value is -2.40. The number of hydrogen-bond donors (Lipinski definition) is 0. The summed E-state index contributed by atoms with van der Waals surface area (Å²) in [6.45, 7) is 2.00. The fourth-order valence-electron chi connectivity index (χ4n) is 2.19. The Morgan fingerprint density at radius 1 is 1.17 bits per heavy atom. The number of methoxy groups -OCH3 is 1. The van der Waals surface area contributed by atoms with E-state index in [2.05, 4.69) is 20.9 Å². The highest BCUT2D eigenvalue weighted by Gasteiger charge is 2.24. The van der Waals surface area contributed by atoms with Gasteiger partial charge in [-0.15, -0.1) is 0 Å². The summed E-state index contributed by atoms with van der Waals surface area (Å²) < 4.78 is 11.5. The Kier molecular flexibility index (Phi) is 4.30. The maximum atomic E-state index is 12.1. The molecule has 1 aliphatic heterocycles. The van der Waals surface area contributed by atoms with Crippen molar-refractivity contribution in [2.24, 2.45) is 4.99 Å². The number of halogens is 1.